The van der Waals surface area contributed by atoms with Crippen LogP contribution in [0.4, 0.5) is 11.4 Å². The van der Waals surface area contributed by atoms with Gasteiger partial charge in [0, 0.05) is 34.5 Å². The highest BCUT2D eigenvalue weighted by atomic mass is 32.2. The Hall–Kier alpha value is -1.27. The number of non-ortho nitro benzene ring substituents is 1. The summed E-state index contributed by atoms with van der Waals surface area (Å²) < 4.78 is 0. The van der Waals surface area contributed by atoms with Crippen molar-refractivity contribution in [2.75, 3.05) is 17.7 Å². The molecule has 1 aliphatic heterocycles. The Kier molecular flexibility index (Phi) is 4.78. The highest BCUT2D eigenvalue weighted by Crippen LogP contribution is 2.46. The van der Waals surface area contributed by atoms with Gasteiger partial charge in [-0.2, -0.15) is 11.8 Å². The quantitative estimate of drug-likeness (QED) is 0.642. The van der Waals surface area contributed by atoms with Crippen molar-refractivity contribution in [1.29, 1.82) is 0 Å². The van der Waals surface area contributed by atoms with Gasteiger partial charge in [0.2, 0.25) is 0 Å². The van der Waals surface area contributed by atoms with E-state index in [1.165, 1.54) is 6.07 Å². The van der Waals surface area contributed by atoms with Crippen molar-refractivity contribution in [2.45, 2.75) is 38.5 Å². The van der Waals surface area contributed by atoms with E-state index in [1.807, 2.05) is 13.8 Å². The Labute approximate surface area is 129 Å². The van der Waals surface area contributed by atoms with E-state index in [0.29, 0.717) is 0 Å². The SMILES string of the molecule is CCS[C@H]1C[C@@H](C(C)(C)CO)Nc2ccc([N+](=O)[O-])cc21. The van der Waals surface area contributed by atoms with Gasteiger partial charge in [0.25, 0.3) is 5.69 Å². The molecule has 0 aromatic heterocycles. The number of aliphatic hydroxyl groups excluding tert-OH is 1. The second-order valence-corrected chi connectivity index (χ2v) is 7.53. The molecule has 2 rings (SSSR count). The molecule has 0 radical (unpaired) electrons. The van der Waals surface area contributed by atoms with E-state index in [0.717, 1.165) is 23.4 Å². The lowest BCUT2D eigenvalue weighted by atomic mass is 9.79. The average molecular weight is 310 g/mol. The molecule has 116 valence electrons. The summed E-state index contributed by atoms with van der Waals surface area (Å²) in [6, 6.07) is 5.16. The normalized spacial score (nSPS) is 21.5. The predicted molar refractivity (Wildman–Crippen MR) is 86.9 cm³/mol. The zero-order valence-corrected chi connectivity index (χ0v) is 13.4. The van der Waals surface area contributed by atoms with Gasteiger partial charge in [-0.25, -0.2) is 0 Å². The van der Waals surface area contributed by atoms with Crippen LogP contribution in [0.5, 0.6) is 0 Å². The van der Waals surface area contributed by atoms with Gasteiger partial charge in [0.1, 0.15) is 0 Å². The molecular weight excluding hydrogens is 288 g/mol. The van der Waals surface area contributed by atoms with Crippen molar-refractivity contribution in [2.24, 2.45) is 5.41 Å². The maximum Gasteiger partial charge on any atom is 0.269 e. The van der Waals surface area contributed by atoms with E-state index in [2.05, 4.69) is 12.2 Å². The largest absolute Gasteiger partial charge is 0.396 e. The molecule has 21 heavy (non-hydrogen) atoms. The van der Waals surface area contributed by atoms with Gasteiger partial charge >= 0.3 is 0 Å². The van der Waals surface area contributed by atoms with Gasteiger partial charge in [-0.15, -0.1) is 0 Å². The Bertz CT molecular complexity index is 534. The topological polar surface area (TPSA) is 75.4 Å². The van der Waals surface area contributed by atoms with Gasteiger partial charge in [0.15, 0.2) is 0 Å². The lowest BCUT2D eigenvalue weighted by Crippen LogP contribution is -2.42. The standard InChI is InChI=1S/C15H22N2O3S/c1-4-21-13-8-14(15(2,3)9-18)16-12-6-5-10(17(19)20)7-11(12)13/h5-7,13-14,16,18H,4,8-9H2,1-3H3/t13-,14-/m0/s1. The van der Waals surface area contributed by atoms with Gasteiger partial charge in [0.05, 0.1) is 11.5 Å². The summed E-state index contributed by atoms with van der Waals surface area (Å²) in [7, 11) is 0. The number of aliphatic hydroxyl groups is 1. The van der Waals surface area contributed by atoms with Gasteiger partial charge in [-0.1, -0.05) is 20.8 Å². The fraction of sp³-hybridized carbons (Fsp3) is 0.600. The number of hydrogen-bond donors (Lipinski definition) is 2. The first-order valence-corrected chi connectivity index (χ1v) is 8.21. The third-order valence-electron chi connectivity index (χ3n) is 4.09. The van der Waals surface area contributed by atoms with Crippen LogP contribution in [0.1, 0.15) is 38.0 Å². The maximum atomic E-state index is 11.0. The first kappa shape index (κ1) is 16.1. The highest BCUT2D eigenvalue weighted by Gasteiger charge is 2.36. The molecule has 0 saturated heterocycles. The lowest BCUT2D eigenvalue weighted by molar-refractivity contribution is -0.384. The monoisotopic (exact) mass is 310 g/mol. The molecule has 0 amide bonds. The lowest BCUT2D eigenvalue weighted by Gasteiger charge is -2.40. The van der Waals surface area contributed by atoms with Crippen molar-refractivity contribution in [3.63, 3.8) is 0 Å². The van der Waals surface area contributed by atoms with Crippen LogP contribution in [0.15, 0.2) is 18.2 Å². The third-order valence-corrected chi connectivity index (χ3v) is 5.27. The Balaban J connectivity index is 2.38. The Morgan fingerprint density at radius 1 is 1.52 bits per heavy atom. The number of thioether (sulfide) groups is 1. The zero-order chi connectivity index (χ0) is 15.6. The molecule has 0 spiro atoms. The molecule has 1 aromatic carbocycles. The number of nitrogens with one attached hydrogen (secondary N) is 1. The minimum atomic E-state index is -0.350. The van der Waals surface area contributed by atoms with Crippen molar-refractivity contribution in [3.05, 3.63) is 33.9 Å². The minimum absolute atomic E-state index is 0.108. The average Bonchev–Trinajstić information content (AvgIpc) is 2.46. The van der Waals surface area contributed by atoms with Crippen LogP contribution in [0, 0.1) is 15.5 Å². The minimum Gasteiger partial charge on any atom is -0.396 e. The Morgan fingerprint density at radius 3 is 2.81 bits per heavy atom. The highest BCUT2D eigenvalue weighted by molar-refractivity contribution is 7.99. The predicted octanol–water partition coefficient (Wildman–Crippen LogP) is 3.59. The van der Waals surface area contributed by atoms with Gasteiger partial charge < -0.3 is 10.4 Å². The number of rotatable bonds is 5. The molecule has 0 unspecified atom stereocenters. The molecule has 2 atom stereocenters. The number of nitro benzene ring substituents is 1. The molecule has 5 nitrogen and oxygen atoms in total. The molecule has 1 heterocycles. The van der Waals surface area contributed by atoms with Crippen LogP contribution < -0.4 is 5.32 Å². The number of nitro groups is 1. The Morgan fingerprint density at radius 2 is 2.24 bits per heavy atom. The fourth-order valence-electron chi connectivity index (χ4n) is 2.63. The summed E-state index contributed by atoms with van der Waals surface area (Å²) in [6.45, 7) is 6.27. The molecule has 1 aliphatic rings. The second-order valence-electron chi connectivity index (χ2n) is 6.05. The number of benzene rings is 1. The van der Waals surface area contributed by atoms with E-state index >= 15 is 0 Å². The van der Waals surface area contributed by atoms with Crippen molar-refractivity contribution >= 4 is 23.1 Å². The first-order valence-electron chi connectivity index (χ1n) is 7.16. The molecular formula is C15H22N2O3S. The molecule has 0 fully saturated rings. The summed E-state index contributed by atoms with van der Waals surface area (Å²) >= 11 is 1.80. The summed E-state index contributed by atoms with van der Waals surface area (Å²) in [5.41, 5.74) is 1.86. The number of nitrogens with zero attached hydrogens (tertiary/aromatic N) is 1. The third kappa shape index (κ3) is 3.32. The van der Waals surface area contributed by atoms with E-state index in [4.69, 9.17) is 0 Å². The fourth-order valence-corrected chi connectivity index (χ4v) is 3.74. The zero-order valence-electron chi connectivity index (χ0n) is 12.6. The van der Waals surface area contributed by atoms with Gasteiger partial charge in [-0.3, -0.25) is 10.1 Å². The van der Waals surface area contributed by atoms with Crippen LogP contribution in [0.2, 0.25) is 0 Å². The smallest absolute Gasteiger partial charge is 0.269 e. The van der Waals surface area contributed by atoms with E-state index in [1.54, 1.807) is 23.9 Å². The summed E-state index contributed by atoms with van der Waals surface area (Å²) in [5, 5.41) is 24.2. The van der Waals surface area contributed by atoms with Crippen LogP contribution >= 0.6 is 11.8 Å². The second kappa shape index (κ2) is 6.23. The summed E-state index contributed by atoms with van der Waals surface area (Å²) in [5.74, 6) is 0.957. The van der Waals surface area contributed by atoms with E-state index in [-0.39, 0.29) is 33.9 Å². The molecule has 0 bridgehead atoms. The van der Waals surface area contributed by atoms with Crippen LogP contribution in [0.25, 0.3) is 0 Å². The van der Waals surface area contributed by atoms with Crippen molar-refractivity contribution < 1.29 is 10.0 Å². The summed E-state index contributed by atoms with van der Waals surface area (Å²) in [6.07, 6.45) is 0.861. The molecule has 0 aliphatic carbocycles. The maximum absolute atomic E-state index is 11.0. The van der Waals surface area contributed by atoms with Crippen LogP contribution in [-0.4, -0.2) is 28.4 Å². The first-order chi connectivity index (χ1) is 9.89. The molecule has 1 aromatic rings. The number of anilines is 1. The number of hydrogen-bond acceptors (Lipinski definition) is 5. The van der Waals surface area contributed by atoms with Crippen molar-refractivity contribution in [3.8, 4) is 0 Å². The van der Waals surface area contributed by atoms with Gasteiger partial charge in [-0.05, 0) is 23.8 Å². The summed E-state index contributed by atoms with van der Waals surface area (Å²) in [4.78, 5) is 10.6. The van der Waals surface area contributed by atoms with E-state index in [9.17, 15) is 15.2 Å². The number of fused-ring (bicyclic) bond motifs is 1. The van der Waals surface area contributed by atoms with E-state index < -0.39 is 0 Å². The van der Waals surface area contributed by atoms with Crippen molar-refractivity contribution in [1.82, 2.24) is 0 Å². The molecule has 6 heteroatoms. The van der Waals surface area contributed by atoms with Crippen LogP contribution in [0.3, 0.4) is 0 Å². The molecule has 2 N–H and O–H groups in total. The van der Waals surface area contributed by atoms with Crippen LogP contribution in [-0.2, 0) is 0 Å². The molecule has 0 saturated carbocycles.